The van der Waals surface area contributed by atoms with Crippen LogP contribution in [0.25, 0.3) is 0 Å². The summed E-state index contributed by atoms with van der Waals surface area (Å²) >= 11 is 0. The van der Waals surface area contributed by atoms with Gasteiger partial charge in [0.1, 0.15) is 0 Å². The number of hydrogen-bond acceptors (Lipinski definition) is 4. The van der Waals surface area contributed by atoms with Crippen LogP contribution in [0.15, 0.2) is 36.5 Å². The molecule has 0 aromatic heterocycles. The maximum atomic E-state index is 12.3. The van der Waals surface area contributed by atoms with Gasteiger partial charge in [0, 0.05) is 6.42 Å². The summed E-state index contributed by atoms with van der Waals surface area (Å²) in [5.74, 6) is -1.02. The Morgan fingerprint density at radius 3 is 1.82 bits per heavy atom. The van der Waals surface area contributed by atoms with Crippen molar-refractivity contribution < 1.29 is 22.9 Å². The molecule has 198 valence electrons. The maximum Gasteiger partial charge on any atom is 0.267 e. The minimum absolute atomic E-state index is 0.284. The lowest BCUT2D eigenvalue weighted by Crippen LogP contribution is -2.46. The van der Waals surface area contributed by atoms with Crippen LogP contribution in [0.2, 0.25) is 0 Å². The van der Waals surface area contributed by atoms with Gasteiger partial charge < -0.3 is 10.4 Å². The minimum Gasteiger partial charge on any atom is -0.387 e. The van der Waals surface area contributed by atoms with E-state index in [1.54, 1.807) is 6.08 Å². The van der Waals surface area contributed by atoms with E-state index in [0.29, 0.717) is 6.42 Å². The van der Waals surface area contributed by atoms with Crippen LogP contribution in [-0.2, 0) is 14.9 Å². The quantitative estimate of drug-likeness (QED) is 0.0924. The Bertz CT molecular complexity index is 685. The molecule has 7 heteroatoms. The van der Waals surface area contributed by atoms with E-state index in [-0.39, 0.29) is 12.3 Å². The van der Waals surface area contributed by atoms with E-state index in [0.717, 1.165) is 44.9 Å². The van der Waals surface area contributed by atoms with Crippen LogP contribution in [0, 0.1) is 0 Å². The SMILES string of the molecule is CC/C=C/CC/C=C/CC/C=C/C(O)C(CS(=O)(=O)O)NC(=O)CCCCCCCCCCC. The number of unbranched alkanes of at least 4 members (excludes halogenated alkanes) is 10. The highest BCUT2D eigenvalue weighted by Crippen LogP contribution is 2.11. The molecule has 3 N–H and O–H groups in total. The largest absolute Gasteiger partial charge is 0.387 e. The number of aliphatic hydroxyl groups is 1. The van der Waals surface area contributed by atoms with Crippen molar-refractivity contribution in [1.82, 2.24) is 5.32 Å². The first kappa shape index (κ1) is 32.6. The normalized spacial score (nSPS) is 14.4. The second-order valence-electron chi connectivity index (χ2n) is 8.93. The fourth-order valence-electron chi connectivity index (χ4n) is 3.60. The van der Waals surface area contributed by atoms with Crippen LogP contribution >= 0.6 is 0 Å². The molecular formula is C27H49NO5S. The Morgan fingerprint density at radius 1 is 0.794 bits per heavy atom. The van der Waals surface area contributed by atoms with E-state index in [1.807, 2.05) is 0 Å². The summed E-state index contributed by atoms with van der Waals surface area (Å²) in [6.45, 7) is 4.31. The number of allylic oxidation sites excluding steroid dienone is 5. The third kappa shape index (κ3) is 22.4. The van der Waals surface area contributed by atoms with Gasteiger partial charge in [0.05, 0.1) is 17.9 Å². The van der Waals surface area contributed by atoms with Gasteiger partial charge in [-0.2, -0.15) is 8.42 Å². The Hall–Kier alpha value is -1.44. The summed E-state index contributed by atoms with van der Waals surface area (Å²) in [7, 11) is -4.33. The highest BCUT2D eigenvalue weighted by Gasteiger charge is 2.24. The van der Waals surface area contributed by atoms with Gasteiger partial charge in [-0.1, -0.05) is 102 Å². The number of carbonyl (C=O) groups is 1. The van der Waals surface area contributed by atoms with Crippen molar-refractivity contribution in [3.8, 4) is 0 Å². The fraction of sp³-hybridized carbons (Fsp3) is 0.741. The average molecular weight is 500 g/mol. The zero-order valence-corrected chi connectivity index (χ0v) is 22.3. The third-order valence-electron chi connectivity index (χ3n) is 5.56. The molecule has 0 radical (unpaired) electrons. The highest BCUT2D eigenvalue weighted by molar-refractivity contribution is 7.85. The molecule has 0 heterocycles. The Kier molecular flexibility index (Phi) is 21.1. The van der Waals surface area contributed by atoms with Crippen LogP contribution in [0.4, 0.5) is 0 Å². The first-order valence-corrected chi connectivity index (χ1v) is 14.8. The molecule has 0 aromatic carbocycles. The third-order valence-corrected chi connectivity index (χ3v) is 6.34. The van der Waals surface area contributed by atoms with Gasteiger partial charge >= 0.3 is 0 Å². The molecule has 0 bridgehead atoms. The number of rotatable bonds is 22. The van der Waals surface area contributed by atoms with Crippen LogP contribution < -0.4 is 5.32 Å². The minimum atomic E-state index is -4.33. The summed E-state index contributed by atoms with van der Waals surface area (Å²) in [6, 6.07) is -1.07. The smallest absolute Gasteiger partial charge is 0.267 e. The summed E-state index contributed by atoms with van der Waals surface area (Å²) in [6.07, 6.45) is 25.7. The number of aliphatic hydroxyl groups excluding tert-OH is 1. The zero-order chi connectivity index (χ0) is 25.5. The topological polar surface area (TPSA) is 104 Å². The van der Waals surface area contributed by atoms with Gasteiger partial charge in [0.15, 0.2) is 0 Å². The lowest BCUT2D eigenvalue weighted by Gasteiger charge is -2.21. The van der Waals surface area contributed by atoms with E-state index < -0.39 is 28.0 Å². The highest BCUT2D eigenvalue weighted by atomic mass is 32.2. The summed E-state index contributed by atoms with van der Waals surface area (Å²) < 4.78 is 31.9. The standard InChI is InChI=1S/C27H49NO5S/c1-3-5-7-9-11-13-15-16-18-20-22-26(29)25(24-34(31,32)33)28-27(30)23-21-19-17-14-12-10-8-6-4-2/h5,7,13,15,20,22,25-26,29H,3-4,6,8-12,14,16-19,21,23-24H2,1-2H3,(H,28,30)(H,31,32,33)/b7-5+,15-13+,22-20+. The molecule has 0 saturated carbocycles. The molecule has 6 nitrogen and oxygen atoms in total. The molecular weight excluding hydrogens is 450 g/mol. The summed E-state index contributed by atoms with van der Waals surface area (Å²) in [4.78, 5) is 12.3. The lowest BCUT2D eigenvalue weighted by atomic mass is 10.1. The van der Waals surface area contributed by atoms with Crippen molar-refractivity contribution in [3.63, 3.8) is 0 Å². The fourth-order valence-corrected chi connectivity index (χ4v) is 4.34. The van der Waals surface area contributed by atoms with Gasteiger partial charge in [-0.05, 0) is 38.5 Å². The van der Waals surface area contributed by atoms with Crippen molar-refractivity contribution in [2.24, 2.45) is 0 Å². The molecule has 0 saturated heterocycles. The monoisotopic (exact) mass is 499 g/mol. The molecule has 2 atom stereocenters. The number of carbonyl (C=O) groups excluding carboxylic acids is 1. The summed E-state index contributed by atoms with van der Waals surface area (Å²) in [5, 5.41) is 13.0. The summed E-state index contributed by atoms with van der Waals surface area (Å²) in [5.41, 5.74) is 0. The maximum absolute atomic E-state index is 12.3. The van der Waals surface area contributed by atoms with Gasteiger partial charge in [0.25, 0.3) is 10.1 Å². The van der Waals surface area contributed by atoms with Crippen molar-refractivity contribution >= 4 is 16.0 Å². The van der Waals surface area contributed by atoms with Crippen molar-refractivity contribution in [3.05, 3.63) is 36.5 Å². The second-order valence-corrected chi connectivity index (χ2v) is 10.4. The molecule has 34 heavy (non-hydrogen) atoms. The average Bonchev–Trinajstić information content (AvgIpc) is 2.77. The predicted octanol–water partition coefficient (Wildman–Crippen LogP) is 6.28. The van der Waals surface area contributed by atoms with E-state index in [9.17, 15) is 22.9 Å². The molecule has 0 aromatic rings. The van der Waals surface area contributed by atoms with Crippen molar-refractivity contribution in [2.45, 2.75) is 122 Å². The van der Waals surface area contributed by atoms with E-state index >= 15 is 0 Å². The van der Waals surface area contributed by atoms with Crippen molar-refractivity contribution in [2.75, 3.05) is 5.75 Å². The molecule has 0 rings (SSSR count). The Morgan fingerprint density at radius 2 is 1.29 bits per heavy atom. The Balaban J connectivity index is 4.29. The first-order valence-electron chi connectivity index (χ1n) is 13.2. The lowest BCUT2D eigenvalue weighted by molar-refractivity contribution is -0.122. The van der Waals surface area contributed by atoms with Crippen LogP contribution in [0.5, 0.6) is 0 Å². The van der Waals surface area contributed by atoms with Crippen LogP contribution in [0.1, 0.15) is 110 Å². The number of hydrogen-bond donors (Lipinski definition) is 3. The molecule has 0 spiro atoms. The molecule has 0 aliphatic rings. The number of amides is 1. The van der Waals surface area contributed by atoms with Crippen LogP contribution in [-0.4, -0.2) is 41.9 Å². The second kappa shape index (κ2) is 22.1. The zero-order valence-electron chi connectivity index (χ0n) is 21.5. The predicted molar refractivity (Wildman–Crippen MR) is 142 cm³/mol. The molecule has 2 unspecified atom stereocenters. The first-order chi connectivity index (χ1) is 16.3. The van der Waals surface area contributed by atoms with E-state index in [4.69, 9.17) is 0 Å². The molecule has 0 aliphatic heterocycles. The van der Waals surface area contributed by atoms with Gasteiger partial charge in [-0.3, -0.25) is 9.35 Å². The van der Waals surface area contributed by atoms with E-state index in [1.165, 1.54) is 44.6 Å². The molecule has 1 amide bonds. The van der Waals surface area contributed by atoms with Gasteiger partial charge in [-0.15, -0.1) is 0 Å². The van der Waals surface area contributed by atoms with Gasteiger partial charge in [-0.25, -0.2) is 0 Å². The van der Waals surface area contributed by atoms with E-state index in [2.05, 4.69) is 43.5 Å². The molecule has 0 fully saturated rings. The Labute approximate surface area is 208 Å². The van der Waals surface area contributed by atoms with Gasteiger partial charge in [0.2, 0.25) is 5.91 Å². The van der Waals surface area contributed by atoms with Crippen LogP contribution in [0.3, 0.4) is 0 Å². The number of nitrogens with one attached hydrogen (secondary N) is 1. The molecule has 0 aliphatic carbocycles. The van der Waals surface area contributed by atoms with Crippen molar-refractivity contribution in [1.29, 1.82) is 0 Å².